The molecule has 0 bridgehead atoms. The topological polar surface area (TPSA) is 15.6 Å². The fourth-order valence-corrected chi connectivity index (χ4v) is 0.409. The van der Waals surface area contributed by atoms with Crippen molar-refractivity contribution in [3.8, 4) is 0 Å². The van der Waals surface area contributed by atoms with Crippen LogP contribution in [0.25, 0.3) is 0 Å². The fraction of sp³-hybridized carbons (Fsp3) is 0.667. The lowest BCUT2D eigenvalue weighted by Crippen LogP contribution is -2.13. The Hall–Kier alpha value is -0.450. The second kappa shape index (κ2) is 4.43. The third-order valence-corrected chi connectivity index (χ3v) is 0.800. The van der Waals surface area contributed by atoms with Crippen LogP contribution < -0.4 is 0 Å². The van der Waals surface area contributed by atoms with Gasteiger partial charge >= 0.3 is 0 Å². The predicted molar refractivity (Wildman–Crippen MR) is 27.9 cm³/mol. The number of rotatable bonds is 2. The van der Waals surface area contributed by atoms with Crippen molar-refractivity contribution in [3.05, 3.63) is 0 Å². The highest BCUT2D eigenvalue weighted by Crippen LogP contribution is 2.00. The number of amidine groups is 1. The van der Waals surface area contributed by atoms with Crippen LogP contribution in [0.2, 0.25) is 0 Å². The average Bonchev–Trinajstić information content (AvgIpc) is 1.82. The van der Waals surface area contributed by atoms with E-state index in [2.05, 4.69) is 0 Å². The first-order valence-electron chi connectivity index (χ1n) is 2.08. The molecule has 0 rings (SSSR count). The van der Waals surface area contributed by atoms with E-state index < -0.39 is 11.2 Å². The molecule has 0 spiro atoms. The van der Waals surface area contributed by atoms with Crippen molar-refractivity contribution in [1.29, 1.82) is 0 Å². The van der Waals surface area contributed by atoms with Gasteiger partial charge in [-0.25, -0.2) is 0 Å². The third-order valence-electron chi connectivity index (χ3n) is 0.611. The first-order valence-corrected chi connectivity index (χ1v) is 2.61. The normalized spacial score (nSPS) is 11.8. The van der Waals surface area contributed by atoms with Gasteiger partial charge in [0.15, 0.2) is 0 Å². The van der Waals surface area contributed by atoms with Crippen LogP contribution in [0.1, 0.15) is 6.42 Å². The molecular formula is C3H4ClF3N2. The van der Waals surface area contributed by atoms with Crippen molar-refractivity contribution in [2.45, 2.75) is 6.42 Å². The Morgan fingerprint density at radius 1 is 1.56 bits per heavy atom. The Morgan fingerprint density at radius 2 is 2.11 bits per heavy atom. The average molecular weight is 161 g/mol. The summed E-state index contributed by atoms with van der Waals surface area (Å²) >= 11 is 5.01. The molecule has 0 atom stereocenters. The van der Waals surface area contributed by atoms with Gasteiger partial charge in [0, 0.05) is 12.3 Å². The Labute approximate surface area is 54.7 Å². The number of hydrogen-bond donors (Lipinski definition) is 0. The molecule has 54 valence electrons. The van der Waals surface area contributed by atoms with Crippen LogP contribution in [-0.4, -0.2) is 17.1 Å². The van der Waals surface area contributed by atoms with E-state index in [9.17, 15) is 13.4 Å². The molecule has 0 aliphatic heterocycles. The molecule has 0 heterocycles. The van der Waals surface area contributed by atoms with E-state index in [0.29, 0.717) is 0 Å². The van der Waals surface area contributed by atoms with E-state index in [4.69, 9.17) is 11.6 Å². The van der Waals surface area contributed by atoms with Gasteiger partial charge in [0.05, 0.1) is 0 Å². The van der Waals surface area contributed by atoms with Gasteiger partial charge in [-0.15, -0.1) is 11.6 Å². The second-order valence-electron chi connectivity index (χ2n) is 1.17. The summed E-state index contributed by atoms with van der Waals surface area (Å²) in [5, 5.41) is 0.385. The Kier molecular flexibility index (Phi) is 4.21. The lowest BCUT2D eigenvalue weighted by Gasteiger charge is -1.99. The zero-order valence-electron chi connectivity index (χ0n) is 4.32. The van der Waals surface area contributed by atoms with E-state index in [1.165, 1.54) is 0 Å². The van der Waals surface area contributed by atoms with Crippen LogP contribution in [0, 0.1) is 0 Å². The third kappa shape index (κ3) is 3.18. The molecule has 0 N–H and O–H groups in total. The molecule has 0 aliphatic carbocycles. The summed E-state index contributed by atoms with van der Waals surface area (Å²) in [6, 6.07) is 0. The van der Waals surface area contributed by atoms with E-state index in [1.807, 2.05) is 0 Å². The largest absolute Gasteiger partial charge is 0.204 e. The fourth-order valence-electron chi connectivity index (χ4n) is 0.240. The molecule has 0 aromatic rings. The molecule has 0 aliphatic rings. The highest BCUT2D eigenvalue weighted by molar-refractivity contribution is 6.19. The summed E-state index contributed by atoms with van der Waals surface area (Å²) < 4.78 is 33.7. The number of halogens is 4. The van der Waals surface area contributed by atoms with Gasteiger partial charge in [0.2, 0.25) is 5.84 Å². The summed E-state index contributed by atoms with van der Waals surface area (Å²) in [5.41, 5.74) is 0. The molecular weight excluding hydrogens is 156 g/mol. The molecule has 0 saturated heterocycles. The van der Waals surface area contributed by atoms with Crippen molar-refractivity contribution in [3.63, 3.8) is 0 Å². The zero-order valence-corrected chi connectivity index (χ0v) is 5.08. The first kappa shape index (κ1) is 8.55. The van der Waals surface area contributed by atoms with Gasteiger partial charge in [-0.3, -0.25) is 0 Å². The summed E-state index contributed by atoms with van der Waals surface area (Å²) in [5.74, 6) is -1.03. The molecule has 0 aromatic heterocycles. The Bertz CT molecular complexity index is 105. The maximum atomic E-state index is 11.3. The summed E-state index contributed by atoms with van der Waals surface area (Å²) in [4.78, 5) is 0. The minimum absolute atomic E-state index is 0.0763. The Balaban J connectivity index is 3.70. The number of hydrogen-bond acceptors (Lipinski definition) is 1. The molecule has 0 radical (unpaired) electrons. The molecule has 9 heavy (non-hydrogen) atoms. The van der Waals surface area contributed by atoms with Crippen LogP contribution in [0.4, 0.5) is 13.4 Å². The minimum atomic E-state index is -1.40. The van der Waals surface area contributed by atoms with E-state index in [1.54, 1.807) is 5.21 Å². The smallest absolute Gasteiger partial charge is 0.126 e. The monoisotopic (exact) mass is 160 g/mol. The van der Waals surface area contributed by atoms with Crippen molar-refractivity contribution in [1.82, 2.24) is 5.34 Å². The number of alkyl halides is 1. The van der Waals surface area contributed by atoms with Gasteiger partial charge in [-0.1, -0.05) is 18.7 Å². The lowest BCUT2D eigenvalue weighted by molar-refractivity contribution is -0.0772. The summed E-state index contributed by atoms with van der Waals surface area (Å²) in [7, 11) is 0. The van der Waals surface area contributed by atoms with Gasteiger partial charge in [-0.2, -0.15) is 0 Å². The zero-order chi connectivity index (χ0) is 7.28. The first-order chi connectivity index (χ1) is 4.22. The van der Waals surface area contributed by atoms with E-state index in [0.717, 1.165) is 0 Å². The van der Waals surface area contributed by atoms with Crippen LogP contribution >= 0.6 is 11.6 Å². The number of nitrogens with zero attached hydrogens (tertiary/aromatic N) is 2. The van der Waals surface area contributed by atoms with Gasteiger partial charge < -0.3 is 0 Å². The van der Waals surface area contributed by atoms with Crippen LogP contribution in [0.15, 0.2) is 5.21 Å². The van der Waals surface area contributed by atoms with Crippen molar-refractivity contribution in [2.75, 3.05) is 5.88 Å². The van der Waals surface area contributed by atoms with Crippen molar-refractivity contribution in [2.24, 2.45) is 5.21 Å². The highest BCUT2D eigenvalue weighted by atomic mass is 35.5. The SMILES string of the molecule is F/N=C(/CCCl)N(F)F. The molecule has 0 amide bonds. The van der Waals surface area contributed by atoms with E-state index in [-0.39, 0.29) is 12.3 Å². The van der Waals surface area contributed by atoms with Crippen molar-refractivity contribution < 1.29 is 13.4 Å². The molecule has 2 nitrogen and oxygen atoms in total. The molecule has 0 unspecified atom stereocenters. The highest BCUT2D eigenvalue weighted by Gasteiger charge is 2.08. The second-order valence-corrected chi connectivity index (χ2v) is 1.55. The van der Waals surface area contributed by atoms with Gasteiger partial charge in [-0.05, 0) is 5.34 Å². The van der Waals surface area contributed by atoms with Crippen LogP contribution in [-0.2, 0) is 0 Å². The molecule has 0 aromatic carbocycles. The maximum absolute atomic E-state index is 11.3. The standard InChI is InChI=1S/C3H4ClF3N2/c4-2-1-3(8-5)9(6)7/h1-2H2/b8-3-. The van der Waals surface area contributed by atoms with Gasteiger partial charge in [0.1, 0.15) is 0 Å². The van der Waals surface area contributed by atoms with Crippen LogP contribution in [0.3, 0.4) is 0 Å². The summed E-state index contributed by atoms with van der Waals surface area (Å²) in [6.07, 6.45) is -0.273. The lowest BCUT2D eigenvalue weighted by atomic mass is 10.5. The van der Waals surface area contributed by atoms with E-state index >= 15 is 0 Å². The predicted octanol–water partition coefficient (Wildman–Crippen LogP) is 1.97. The van der Waals surface area contributed by atoms with Gasteiger partial charge in [0.25, 0.3) is 0 Å². The molecule has 0 fully saturated rings. The molecule has 0 saturated carbocycles. The van der Waals surface area contributed by atoms with Crippen molar-refractivity contribution >= 4 is 17.4 Å². The Morgan fingerprint density at radius 3 is 2.22 bits per heavy atom. The van der Waals surface area contributed by atoms with Crippen LogP contribution in [0.5, 0.6) is 0 Å². The minimum Gasteiger partial charge on any atom is -0.126 e. The maximum Gasteiger partial charge on any atom is 0.204 e. The summed E-state index contributed by atoms with van der Waals surface area (Å²) in [6.45, 7) is 0. The molecule has 6 heteroatoms. The quantitative estimate of drug-likeness (QED) is 0.261.